The van der Waals surface area contributed by atoms with Gasteiger partial charge < -0.3 is 4.74 Å². The largest absolute Gasteiger partial charge is 0.460 e. The lowest BCUT2D eigenvalue weighted by molar-refractivity contribution is -0.461. The molecule has 1 nitrogen and oxygen atoms in total. The Labute approximate surface area is 174 Å². The summed E-state index contributed by atoms with van der Waals surface area (Å²) in [7, 11) is 0. The number of halogens is 18. The quantitative estimate of drug-likeness (QED) is 0.206. The molecule has 20 heteroatoms. The first-order chi connectivity index (χ1) is 14.2. The van der Waals surface area contributed by atoms with Crippen LogP contribution in [0.5, 0.6) is 0 Å². The SMILES string of the molecule is FC(CC(F)(F)C(F)(F)C(F)(F)C(F)(F)C(F)(F)C(F)(F)C(F)(F)C(F)(F)F)SCC1CO1. The molecule has 0 amide bonds. The first kappa shape index (κ1) is 30.1. The van der Waals surface area contributed by atoms with E-state index >= 15 is 0 Å². The van der Waals surface area contributed by atoms with Crippen molar-refractivity contribution in [2.45, 2.75) is 65.7 Å². The highest BCUT2D eigenvalue weighted by atomic mass is 32.2. The Hall–Kier alpha value is -0.950. The fourth-order valence-corrected chi connectivity index (χ4v) is 2.90. The van der Waals surface area contributed by atoms with Crippen molar-refractivity contribution in [2.75, 3.05) is 12.4 Å². The molecule has 0 spiro atoms. The van der Waals surface area contributed by atoms with Crippen molar-refractivity contribution in [2.24, 2.45) is 0 Å². The molecule has 0 saturated carbocycles. The van der Waals surface area contributed by atoms with Crippen molar-refractivity contribution in [1.82, 2.24) is 0 Å². The van der Waals surface area contributed by atoms with Crippen LogP contribution in [-0.4, -0.2) is 71.6 Å². The lowest BCUT2D eigenvalue weighted by Gasteiger charge is -2.42. The average molecular weight is 554 g/mol. The molecule has 1 aliphatic heterocycles. The van der Waals surface area contributed by atoms with Crippen LogP contribution in [0.2, 0.25) is 0 Å². The van der Waals surface area contributed by atoms with Crippen LogP contribution in [0.1, 0.15) is 6.42 Å². The summed E-state index contributed by atoms with van der Waals surface area (Å²) in [6, 6.07) is 0. The summed E-state index contributed by atoms with van der Waals surface area (Å²) in [5, 5.41) is 0. The van der Waals surface area contributed by atoms with Crippen LogP contribution in [-0.2, 0) is 4.74 Å². The highest BCUT2D eigenvalue weighted by Gasteiger charge is 2.95. The number of epoxide rings is 1. The second-order valence-electron chi connectivity index (χ2n) is 6.55. The number of hydrogen-bond acceptors (Lipinski definition) is 2. The molecule has 0 bridgehead atoms. The molecule has 1 rings (SSSR count). The molecule has 0 aromatic heterocycles. The predicted octanol–water partition coefficient (Wildman–Crippen LogP) is 6.81. The van der Waals surface area contributed by atoms with Gasteiger partial charge in [-0.25, -0.2) is 4.39 Å². The maximum absolute atomic E-state index is 13.5. The van der Waals surface area contributed by atoms with E-state index < -0.39 is 71.4 Å². The zero-order valence-electron chi connectivity index (χ0n) is 14.9. The molecule has 0 aromatic rings. The molecule has 1 aliphatic rings. The highest BCUT2D eigenvalue weighted by molar-refractivity contribution is 7.99. The zero-order valence-corrected chi connectivity index (χ0v) is 15.7. The molecule has 0 aromatic carbocycles. The van der Waals surface area contributed by atoms with Crippen molar-refractivity contribution in [3.63, 3.8) is 0 Å². The molecule has 2 unspecified atom stereocenters. The third kappa shape index (κ3) is 4.65. The predicted molar refractivity (Wildman–Crippen MR) is 72.4 cm³/mol. The minimum atomic E-state index is -8.69. The summed E-state index contributed by atoms with van der Waals surface area (Å²) < 4.78 is 239. The summed E-state index contributed by atoms with van der Waals surface area (Å²) in [5.41, 5.74) is -3.27. The normalized spacial score (nSPS) is 20.7. The van der Waals surface area contributed by atoms with Gasteiger partial charge in [-0.1, -0.05) is 0 Å². The number of hydrogen-bond donors (Lipinski definition) is 0. The minimum Gasteiger partial charge on any atom is -0.372 e. The minimum absolute atomic E-state index is 0.0532. The van der Waals surface area contributed by atoms with Gasteiger partial charge >= 0.3 is 47.6 Å². The molecule has 1 heterocycles. The second-order valence-corrected chi connectivity index (χ2v) is 7.73. The summed E-state index contributed by atoms with van der Waals surface area (Å²) >= 11 is -0.306. The van der Waals surface area contributed by atoms with Gasteiger partial charge in [-0.05, 0) is 0 Å². The number of thioether (sulfide) groups is 1. The van der Waals surface area contributed by atoms with Crippen LogP contribution in [0, 0.1) is 0 Å². The van der Waals surface area contributed by atoms with E-state index in [-0.39, 0.29) is 18.4 Å². The number of rotatable bonds is 11. The highest BCUT2D eigenvalue weighted by Crippen LogP contribution is 2.64. The maximum Gasteiger partial charge on any atom is 0.460 e. The number of alkyl halides is 18. The lowest BCUT2D eigenvalue weighted by Crippen LogP contribution is -2.74. The van der Waals surface area contributed by atoms with E-state index in [9.17, 15) is 79.0 Å². The summed E-state index contributed by atoms with van der Waals surface area (Å²) in [6.07, 6.45) is -11.7. The molecule has 1 fully saturated rings. The van der Waals surface area contributed by atoms with E-state index in [1.54, 1.807) is 0 Å². The molecule has 198 valence electrons. The van der Waals surface area contributed by atoms with Crippen LogP contribution in [0.25, 0.3) is 0 Å². The molecule has 33 heavy (non-hydrogen) atoms. The van der Waals surface area contributed by atoms with Crippen molar-refractivity contribution < 1.29 is 83.8 Å². The standard InChI is InChI=1S/C13H8F18OS/c14-5(33-3-4-2-32-4)1-6(15,16)7(17,18)8(19,20)9(21,22)10(23,24)11(25,26)12(27,28)13(29,30)31/h4-5H,1-3H2. The van der Waals surface area contributed by atoms with Gasteiger partial charge in [0.1, 0.15) is 0 Å². The first-order valence-electron chi connectivity index (χ1n) is 7.81. The van der Waals surface area contributed by atoms with Gasteiger partial charge in [-0.3, -0.25) is 0 Å². The molecule has 2 atom stereocenters. The molecule has 0 aliphatic carbocycles. The van der Waals surface area contributed by atoms with E-state index in [0.29, 0.717) is 0 Å². The van der Waals surface area contributed by atoms with Crippen LogP contribution in [0.3, 0.4) is 0 Å². The van der Waals surface area contributed by atoms with Crippen LogP contribution in [0.15, 0.2) is 0 Å². The lowest BCUT2D eigenvalue weighted by atomic mass is 9.88. The van der Waals surface area contributed by atoms with Gasteiger partial charge in [-0.2, -0.15) is 74.6 Å². The molecule has 0 radical (unpaired) electrons. The Kier molecular flexibility index (Phi) is 7.58. The fraction of sp³-hybridized carbons (Fsp3) is 1.00. The van der Waals surface area contributed by atoms with E-state index in [2.05, 4.69) is 4.74 Å². The van der Waals surface area contributed by atoms with Crippen LogP contribution >= 0.6 is 11.8 Å². The Balaban J connectivity index is 3.37. The molecule has 0 N–H and O–H groups in total. The van der Waals surface area contributed by atoms with Gasteiger partial charge in [0.15, 0.2) is 5.50 Å². The van der Waals surface area contributed by atoms with Crippen molar-refractivity contribution in [3.05, 3.63) is 0 Å². The smallest absolute Gasteiger partial charge is 0.372 e. The van der Waals surface area contributed by atoms with Gasteiger partial charge in [0.25, 0.3) is 0 Å². The molecule has 1 saturated heterocycles. The topological polar surface area (TPSA) is 12.5 Å². The Morgan fingerprint density at radius 2 is 0.939 bits per heavy atom. The Morgan fingerprint density at radius 3 is 1.27 bits per heavy atom. The van der Waals surface area contributed by atoms with E-state index in [0.717, 1.165) is 0 Å². The van der Waals surface area contributed by atoms with Crippen LogP contribution < -0.4 is 0 Å². The van der Waals surface area contributed by atoms with Gasteiger partial charge in [-0.15, -0.1) is 11.8 Å². The maximum atomic E-state index is 13.5. The van der Waals surface area contributed by atoms with E-state index in [1.807, 2.05) is 0 Å². The zero-order chi connectivity index (χ0) is 26.7. The van der Waals surface area contributed by atoms with E-state index in [4.69, 9.17) is 0 Å². The monoisotopic (exact) mass is 554 g/mol. The van der Waals surface area contributed by atoms with E-state index in [1.165, 1.54) is 0 Å². The van der Waals surface area contributed by atoms with Crippen molar-refractivity contribution in [1.29, 1.82) is 0 Å². The second kappa shape index (κ2) is 8.32. The Morgan fingerprint density at radius 1 is 0.606 bits per heavy atom. The molecular formula is C13H8F18OS. The number of ether oxygens (including phenoxy) is 1. The summed E-state index contributed by atoms with van der Waals surface area (Å²) in [6.45, 7) is -0.0532. The van der Waals surface area contributed by atoms with Gasteiger partial charge in [0, 0.05) is 5.75 Å². The fourth-order valence-electron chi connectivity index (χ4n) is 1.96. The molecular weight excluding hydrogens is 546 g/mol. The summed E-state index contributed by atoms with van der Waals surface area (Å²) in [5.74, 6) is -57.6. The Bertz CT molecular complexity index is 696. The average Bonchev–Trinajstić information content (AvgIpc) is 3.41. The van der Waals surface area contributed by atoms with Gasteiger partial charge in [0.2, 0.25) is 0 Å². The first-order valence-corrected chi connectivity index (χ1v) is 8.86. The van der Waals surface area contributed by atoms with Crippen molar-refractivity contribution >= 4 is 11.8 Å². The van der Waals surface area contributed by atoms with Gasteiger partial charge in [0.05, 0.1) is 19.1 Å². The third-order valence-electron chi connectivity index (χ3n) is 4.07. The van der Waals surface area contributed by atoms with Crippen LogP contribution in [0.4, 0.5) is 79.0 Å². The summed E-state index contributed by atoms with van der Waals surface area (Å²) in [4.78, 5) is 0. The third-order valence-corrected chi connectivity index (χ3v) is 5.16. The van der Waals surface area contributed by atoms with Crippen molar-refractivity contribution in [3.8, 4) is 0 Å².